The quantitative estimate of drug-likeness (QED) is 0.744. The second kappa shape index (κ2) is 5.48. The normalized spacial score (nSPS) is 32.5. The highest BCUT2D eigenvalue weighted by Crippen LogP contribution is 2.27. The van der Waals surface area contributed by atoms with Gasteiger partial charge in [-0.05, 0) is 38.6 Å². The maximum Gasteiger partial charge on any atom is 0.224 e. The summed E-state index contributed by atoms with van der Waals surface area (Å²) in [6.45, 7) is 2.78. The molecule has 3 fully saturated rings. The van der Waals surface area contributed by atoms with Gasteiger partial charge in [-0.1, -0.05) is 0 Å². The van der Waals surface area contributed by atoms with E-state index in [-0.39, 0.29) is 17.9 Å². The van der Waals surface area contributed by atoms with Crippen LogP contribution in [0.1, 0.15) is 32.1 Å². The third kappa shape index (κ3) is 2.90. The van der Waals surface area contributed by atoms with Gasteiger partial charge in [0, 0.05) is 25.2 Å². The SMILES string of the molecule is N#CC(CCN1CCCC2C(=O)NCC21)NC1CC1. The fourth-order valence-electron chi connectivity index (χ4n) is 3.33. The van der Waals surface area contributed by atoms with E-state index in [1.165, 1.54) is 12.8 Å². The van der Waals surface area contributed by atoms with Gasteiger partial charge in [0.25, 0.3) is 0 Å². The molecule has 0 radical (unpaired) electrons. The van der Waals surface area contributed by atoms with E-state index in [2.05, 4.69) is 21.6 Å². The highest BCUT2D eigenvalue weighted by atomic mass is 16.2. The maximum absolute atomic E-state index is 11.7. The number of nitriles is 1. The molecule has 0 spiro atoms. The van der Waals surface area contributed by atoms with Crippen molar-refractivity contribution in [1.82, 2.24) is 15.5 Å². The highest BCUT2D eigenvalue weighted by molar-refractivity contribution is 5.82. The standard InChI is InChI=1S/C14H22N4O/c15-8-11(17-10-3-4-10)5-7-18-6-1-2-12-13(18)9-16-14(12)19/h10-13,17H,1-7,9H2,(H,16,19). The Balaban J connectivity index is 1.51. The van der Waals surface area contributed by atoms with Crippen molar-refractivity contribution in [1.29, 1.82) is 5.26 Å². The van der Waals surface area contributed by atoms with Gasteiger partial charge < -0.3 is 5.32 Å². The van der Waals surface area contributed by atoms with E-state index in [1.807, 2.05) is 0 Å². The number of piperidine rings is 1. The first-order valence-electron chi connectivity index (χ1n) is 7.45. The Hall–Kier alpha value is -1.12. The van der Waals surface area contributed by atoms with Crippen molar-refractivity contribution in [3.63, 3.8) is 0 Å². The molecule has 3 unspecified atom stereocenters. The third-order valence-corrected chi connectivity index (χ3v) is 4.59. The lowest BCUT2D eigenvalue weighted by Gasteiger charge is -2.36. The summed E-state index contributed by atoms with van der Waals surface area (Å²) in [6.07, 6.45) is 5.41. The van der Waals surface area contributed by atoms with Gasteiger partial charge in [-0.15, -0.1) is 0 Å². The third-order valence-electron chi connectivity index (χ3n) is 4.59. The molecule has 2 N–H and O–H groups in total. The van der Waals surface area contributed by atoms with Crippen LogP contribution in [0.25, 0.3) is 0 Å². The predicted molar refractivity (Wildman–Crippen MR) is 71.3 cm³/mol. The summed E-state index contributed by atoms with van der Waals surface area (Å²) in [7, 11) is 0. The van der Waals surface area contributed by atoms with Crippen molar-refractivity contribution in [2.45, 2.75) is 50.2 Å². The number of hydrogen-bond donors (Lipinski definition) is 2. The Kier molecular flexibility index (Phi) is 3.72. The minimum absolute atomic E-state index is 0.0297. The smallest absolute Gasteiger partial charge is 0.224 e. The Morgan fingerprint density at radius 3 is 3.05 bits per heavy atom. The molecule has 1 amide bonds. The molecule has 1 aliphatic carbocycles. The van der Waals surface area contributed by atoms with Crippen LogP contribution in [0.5, 0.6) is 0 Å². The first-order chi connectivity index (χ1) is 9.28. The molecular weight excluding hydrogens is 240 g/mol. The van der Waals surface area contributed by atoms with E-state index in [1.54, 1.807) is 0 Å². The molecule has 2 aliphatic heterocycles. The number of likely N-dealkylation sites (tertiary alicyclic amines) is 1. The monoisotopic (exact) mass is 262 g/mol. The summed E-state index contributed by atoms with van der Waals surface area (Å²) in [4.78, 5) is 14.1. The molecule has 5 nitrogen and oxygen atoms in total. The summed E-state index contributed by atoms with van der Waals surface area (Å²) < 4.78 is 0. The zero-order chi connectivity index (χ0) is 13.2. The van der Waals surface area contributed by atoms with E-state index in [9.17, 15) is 4.79 Å². The topological polar surface area (TPSA) is 68.2 Å². The molecule has 0 bridgehead atoms. The van der Waals surface area contributed by atoms with Crippen molar-refractivity contribution in [3.05, 3.63) is 0 Å². The van der Waals surface area contributed by atoms with Crippen LogP contribution in [0.4, 0.5) is 0 Å². The van der Waals surface area contributed by atoms with Crippen LogP contribution >= 0.6 is 0 Å². The van der Waals surface area contributed by atoms with Gasteiger partial charge in [0.2, 0.25) is 5.91 Å². The van der Waals surface area contributed by atoms with Crippen molar-refractivity contribution in [3.8, 4) is 6.07 Å². The molecule has 5 heteroatoms. The Bertz CT molecular complexity index is 387. The van der Waals surface area contributed by atoms with Crippen molar-refractivity contribution in [2.75, 3.05) is 19.6 Å². The van der Waals surface area contributed by atoms with Crippen LogP contribution in [0.3, 0.4) is 0 Å². The van der Waals surface area contributed by atoms with Crippen LogP contribution in [-0.2, 0) is 4.79 Å². The van der Waals surface area contributed by atoms with E-state index < -0.39 is 0 Å². The van der Waals surface area contributed by atoms with Gasteiger partial charge in [0.05, 0.1) is 18.0 Å². The summed E-state index contributed by atoms with van der Waals surface area (Å²) in [6, 6.07) is 3.27. The number of rotatable bonds is 5. The van der Waals surface area contributed by atoms with Gasteiger partial charge in [-0.25, -0.2) is 0 Å². The van der Waals surface area contributed by atoms with Crippen molar-refractivity contribution >= 4 is 5.91 Å². The first kappa shape index (κ1) is 12.9. The number of nitrogens with one attached hydrogen (secondary N) is 2. The second-order valence-corrected chi connectivity index (χ2v) is 6.01. The summed E-state index contributed by atoms with van der Waals surface area (Å²) in [5.74, 6) is 0.410. The Morgan fingerprint density at radius 1 is 1.47 bits per heavy atom. The van der Waals surface area contributed by atoms with E-state index in [4.69, 9.17) is 5.26 Å². The number of fused-ring (bicyclic) bond motifs is 1. The zero-order valence-electron chi connectivity index (χ0n) is 11.3. The molecule has 0 aromatic carbocycles. The van der Waals surface area contributed by atoms with Gasteiger partial charge in [-0.3, -0.25) is 15.0 Å². The largest absolute Gasteiger partial charge is 0.354 e. The summed E-state index contributed by atoms with van der Waals surface area (Å²) >= 11 is 0. The lowest BCUT2D eigenvalue weighted by atomic mass is 9.91. The average molecular weight is 262 g/mol. The van der Waals surface area contributed by atoms with Crippen LogP contribution in [-0.4, -0.2) is 48.6 Å². The lowest BCUT2D eigenvalue weighted by molar-refractivity contribution is -0.124. The fourth-order valence-corrected chi connectivity index (χ4v) is 3.33. The van der Waals surface area contributed by atoms with Crippen LogP contribution in [0, 0.1) is 17.2 Å². The molecule has 0 aromatic heterocycles. The van der Waals surface area contributed by atoms with E-state index in [0.717, 1.165) is 38.9 Å². The molecule has 0 aromatic rings. The number of carbonyl (C=O) groups is 1. The Labute approximate surface area is 114 Å². The molecule has 19 heavy (non-hydrogen) atoms. The maximum atomic E-state index is 11.7. The molecule has 2 heterocycles. The van der Waals surface area contributed by atoms with Gasteiger partial charge in [0.15, 0.2) is 0 Å². The van der Waals surface area contributed by atoms with E-state index >= 15 is 0 Å². The average Bonchev–Trinajstić information content (AvgIpc) is 3.17. The molecule has 104 valence electrons. The van der Waals surface area contributed by atoms with Crippen molar-refractivity contribution in [2.24, 2.45) is 5.92 Å². The summed E-state index contributed by atoms with van der Waals surface area (Å²) in [5, 5.41) is 15.5. The minimum Gasteiger partial charge on any atom is -0.354 e. The van der Waals surface area contributed by atoms with Crippen LogP contribution in [0.2, 0.25) is 0 Å². The number of amides is 1. The van der Waals surface area contributed by atoms with Crippen LogP contribution < -0.4 is 10.6 Å². The summed E-state index contributed by atoms with van der Waals surface area (Å²) in [5.41, 5.74) is 0. The molecular formula is C14H22N4O. The van der Waals surface area contributed by atoms with Gasteiger partial charge in [0.1, 0.15) is 0 Å². The highest BCUT2D eigenvalue weighted by Gasteiger charge is 2.40. The predicted octanol–water partition coefficient (Wildman–Crippen LogP) is 0.231. The number of hydrogen-bond acceptors (Lipinski definition) is 4. The van der Waals surface area contributed by atoms with Gasteiger partial charge in [-0.2, -0.15) is 5.26 Å². The number of carbonyl (C=O) groups excluding carboxylic acids is 1. The zero-order valence-corrected chi connectivity index (χ0v) is 11.3. The molecule has 3 rings (SSSR count). The molecule has 3 atom stereocenters. The second-order valence-electron chi connectivity index (χ2n) is 6.01. The first-order valence-corrected chi connectivity index (χ1v) is 7.45. The van der Waals surface area contributed by atoms with Crippen LogP contribution in [0.15, 0.2) is 0 Å². The molecule has 2 saturated heterocycles. The number of nitrogens with zero attached hydrogens (tertiary/aromatic N) is 2. The minimum atomic E-state index is -0.0297. The Morgan fingerprint density at radius 2 is 2.32 bits per heavy atom. The fraction of sp³-hybridized carbons (Fsp3) is 0.857. The van der Waals surface area contributed by atoms with Gasteiger partial charge >= 0.3 is 0 Å². The lowest BCUT2D eigenvalue weighted by Crippen LogP contribution is -2.47. The molecule has 1 saturated carbocycles. The van der Waals surface area contributed by atoms with E-state index in [0.29, 0.717) is 12.1 Å². The molecule has 3 aliphatic rings. The van der Waals surface area contributed by atoms with Crippen molar-refractivity contribution < 1.29 is 4.79 Å².